The molecule has 0 bridgehead atoms. The van der Waals surface area contributed by atoms with E-state index in [1.54, 1.807) is 0 Å². The van der Waals surface area contributed by atoms with Gasteiger partial charge in [-0.1, -0.05) is 18.2 Å². The lowest BCUT2D eigenvalue weighted by Crippen LogP contribution is -2.43. The quantitative estimate of drug-likeness (QED) is 0.530. The fraction of sp³-hybridized carbons (Fsp3) is 0.579. The number of likely N-dealkylation sites (N-methyl/N-ethyl adjacent to an activating group) is 1. The Morgan fingerprint density at radius 3 is 2.40 bits per heavy atom. The number of guanidine groups is 1. The number of hydrogen-bond donors (Lipinski definition) is 2. The van der Waals surface area contributed by atoms with Crippen LogP contribution in [-0.2, 0) is 4.79 Å². The highest BCUT2D eigenvalue weighted by Crippen LogP contribution is 2.15. The average molecular weight is 348 g/mol. The second-order valence-corrected chi connectivity index (χ2v) is 6.50. The van der Waals surface area contributed by atoms with Gasteiger partial charge in [0.05, 0.1) is 18.5 Å². The van der Waals surface area contributed by atoms with E-state index in [1.807, 2.05) is 70.0 Å². The van der Waals surface area contributed by atoms with E-state index in [9.17, 15) is 4.79 Å². The minimum Gasteiger partial charge on any atom is -0.492 e. The molecule has 0 spiro atoms. The van der Waals surface area contributed by atoms with Crippen molar-refractivity contribution >= 4 is 11.9 Å². The molecule has 6 heteroatoms. The molecule has 0 aromatic heterocycles. The highest BCUT2D eigenvalue weighted by atomic mass is 16.5. The van der Waals surface area contributed by atoms with Gasteiger partial charge in [-0.25, -0.2) is 0 Å². The van der Waals surface area contributed by atoms with Crippen LogP contribution in [0.3, 0.4) is 0 Å². The van der Waals surface area contributed by atoms with E-state index in [-0.39, 0.29) is 5.91 Å². The molecule has 0 aliphatic rings. The van der Waals surface area contributed by atoms with Crippen molar-refractivity contribution in [3.8, 4) is 5.75 Å². The molecule has 0 aliphatic carbocycles. The van der Waals surface area contributed by atoms with Crippen molar-refractivity contribution in [2.24, 2.45) is 10.4 Å². The standard InChI is InChI=1S/C19H32N4O2/c1-6-20-17(24)19(3,4)15-22-18(21-7-2)23(5)13-14-25-16-11-9-8-10-12-16/h8-12H,6-7,13-15H2,1-5H3,(H,20,24)(H,21,22). The van der Waals surface area contributed by atoms with Gasteiger partial charge in [-0.05, 0) is 39.8 Å². The topological polar surface area (TPSA) is 66.0 Å². The van der Waals surface area contributed by atoms with E-state index >= 15 is 0 Å². The smallest absolute Gasteiger partial charge is 0.227 e. The van der Waals surface area contributed by atoms with Gasteiger partial charge in [0, 0.05) is 20.1 Å². The number of amides is 1. The van der Waals surface area contributed by atoms with E-state index in [0.717, 1.165) is 18.3 Å². The molecule has 6 nitrogen and oxygen atoms in total. The van der Waals surface area contributed by atoms with Crippen LogP contribution in [-0.4, -0.2) is 56.6 Å². The van der Waals surface area contributed by atoms with Gasteiger partial charge >= 0.3 is 0 Å². The van der Waals surface area contributed by atoms with Gasteiger partial charge in [0.1, 0.15) is 12.4 Å². The highest BCUT2D eigenvalue weighted by Gasteiger charge is 2.27. The molecule has 0 saturated heterocycles. The largest absolute Gasteiger partial charge is 0.492 e. The van der Waals surface area contributed by atoms with Gasteiger partial charge < -0.3 is 20.3 Å². The maximum absolute atomic E-state index is 12.1. The summed E-state index contributed by atoms with van der Waals surface area (Å²) in [5.41, 5.74) is -0.544. The predicted molar refractivity (Wildman–Crippen MR) is 103 cm³/mol. The SMILES string of the molecule is CCNC(=O)C(C)(C)CN=C(NCC)N(C)CCOc1ccccc1. The fourth-order valence-corrected chi connectivity index (χ4v) is 2.14. The summed E-state index contributed by atoms with van der Waals surface area (Å²) >= 11 is 0. The number of carbonyl (C=O) groups is 1. The molecule has 1 aromatic carbocycles. The van der Waals surface area contributed by atoms with Crippen LogP contribution in [0.5, 0.6) is 5.75 Å². The first kappa shape index (κ1) is 20.8. The number of nitrogens with zero attached hydrogens (tertiary/aromatic N) is 2. The normalized spacial score (nSPS) is 11.8. The molecule has 0 atom stereocenters. The molecule has 1 rings (SSSR count). The summed E-state index contributed by atoms with van der Waals surface area (Å²) in [4.78, 5) is 18.7. The summed E-state index contributed by atoms with van der Waals surface area (Å²) < 4.78 is 5.73. The number of carbonyl (C=O) groups excluding carboxylic acids is 1. The Balaban J connectivity index is 2.59. The zero-order chi connectivity index (χ0) is 18.7. The van der Waals surface area contributed by atoms with E-state index in [0.29, 0.717) is 26.2 Å². The maximum atomic E-state index is 12.1. The van der Waals surface area contributed by atoms with E-state index in [2.05, 4.69) is 15.6 Å². The van der Waals surface area contributed by atoms with Gasteiger partial charge in [0.2, 0.25) is 5.91 Å². The molecule has 0 unspecified atom stereocenters. The van der Waals surface area contributed by atoms with Gasteiger partial charge in [-0.2, -0.15) is 0 Å². The number of rotatable bonds is 9. The Labute approximate surface area is 151 Å². The second kappa shape index (κ2) is 10.6. The Hall–Kier alpha value is -2.24. The molecule has 0 radical (unpaired) electrons. The third-order valence-corrected chi connectivity index (χ3v) is 3.71. The molecule has 0 heterocycles. The first-order valence-electron chi connectivity index (χ1n) is 8.86. The zero-order valence-corrected chi connectivity index (χ0v) is 16.1. The Morgan fingerprint density at radius 1 is 1.16 bits per heavy atom. The molecule has 140 valence electrons. The monoisotopic (exact) mass is 348 g/mol. The lowest BCUT2D eigenvalue weighted by molar-refractivity contribution is -0.128. The summed E-state index contributed by atoms with van der Waals surface area (Å²) in [6.45, 7) is 10.8. The van der Waals surface area contributed by atoms with E-state index < -0.39 is 5.41 Å². The summed E-state index contributed by atoms with van der Waals surface area (Å²) in [6, 6.07) is 9.75. The minimum atomic E-state index is -0.544. The summed E-state index contributed by atoms with van der Waals surface area (Å²) in [7, 11) is 1.97. The van der Waals surface area contributed by atoms with Crippen LogP contribution in [0.4, 0.5) is 0 Å². The number of nitrogens with one attached hydrogen (secondary N) is 2. The molecule has 25 heavy (non-hydrogen) atoms. The van der Waals surface area contributed by atoms with Crippen LogP contribution in [0.1, 0.15) is 27.7 Å². The van der Waals surface area contributed by atoms with Crippen LogP contribution >= 0.6 is 0 Å². The first-order valence-corrected chi connectivity index (χ1v) is 8.86. The lowest BCUT2D eigenvalue weighted by Gasteiger charge is -2.25. The van der Waals surface area contributed by atoms with Crippen molar-refractivity contribution in [1.29, 1.82) is 0 Å². The summed E-state index contributed by atoms with van der Waals surface area (Å²) in [5, 5.41) is 6.12. The van der Waals surface area contributed by atoms with Crippen molar-refractivity contribution < 1.29 is 9.53 Å². The van der Waals surface area contributed by atoms with Crippen LogP contribution in [0.25, 0.3) is 0 Å². The third-order valence-electron chi connectivity index (χ3n) is 3.71. The van der Waals surface area contributed by atoms with Gasteiger partial charge in [-0.3, -0.25) is 9.79 Å². The Bertz CT molecular complexity index is 544. The molecular weight excluding hydrogens is 316 g/mol. The molecule has 0 saturated carbocycles. The van der Waals surface area contributed by atoms with Crippen molar-refractivity contribution in [2.75, 3.05) is 39.8 Å². The highest BCUT2D eigenvalue weighted by molar-refractivity contribution is 5.83. The van der Waals surface area contributed by atoms with Crippen molar-refractivity contribution in [3.05, 3.63) is 30.3 Å². The maximum Gasteiger partial charge on any atom is 0.227 e. The van der Waals surface area contributed by atoms with Crippen LogP contribution in [0, 0.1) is 5.41 Å². The van der Waals surface area contributed by atoms with Crippen LogP contribution in [0.15, 0.2) is 35.3 Å². The van der Waals surface area contributed by atoms with Crippen molar-refractivity contribution in [3.63, 3.8) is 0 Å². The van der Waals surface area contributed by atoms with Gasteiger partial charge in [0.25, 0.3) is 0 Å². The van der Waals surface area contributed by atoms with E-state index in [1.165, 1.54) is 0 Å². The number of ether oxygens (including phenoxy) is 1. The van der Waals surface area contributed by atoms with Crippen molar-refractivity contribution in [1.82, 2.24) is 15.5 Å². The summed E-state index contributed by atoms with van der Waals surface area (Å²) in [6.07, 6.45) is 0. The predicted octanol–water partition coefficient (Wildman–Crippen LogP) is 2.12. The molecule has 0 aliphatic heterocycles. The Morgan fingerprint density at radius 2 is 1.80 bits per heavy atom. The number of benzene rings is 1. The second-order valence-electron chi connectivity index (χ2n) is 6.50. The average Bonchev–Trinajstić information content (AvgIpc) is 2.59. The van der Waals surface area contributed by atoms with Crippen molar-refractivity contribution in [2.45, 2.75) is 27.7 Å². The molecule has 2 N–H and O–H groups in total. The zero-order valence-electron chi connectivity index (χ0n) is 16.1. The number of hydrogen-bond acceptors (Lipinski definition) is 3. The summed E-state index contributed by atoms with van der Waals surface area (Å²) in [5.74, 6) is 1.65. The molecule has 0 fully saturated rings. The molecule has 1 amide bonds. The van der Waals surface area contributed by atoms with Gasteiger partial charge in [-0.15, -0.1) is 0 Å². The minimum absolute atomic E-state index is 0.0182. The molecular formula is C19H32N4O2. The molecule has 1 aromatic rings. The third kappa shape index (κ3) is 7.45. The fourth-order valence-electron chi connectivity index (χ4n) is 2.14. The first-order chi connectivity index (χ1) is 11.9. The van der Waals surface area contributed by atoms with E-state index in [4.69, 9.17) is 4.74 Å². The Kier molecular flexibility index (Phi) is 8.81. The van der Waals surface area contributed by atoms with Crippen LogP contribution in [0.2, 0.25) is 0 Å². The number of aliphatic imine (C=N–C) groups is 1. The lowest BCUT2D eigenvalue weighted by atomic mass is 9.92. The van der Waals surface area contributed by atoms with Gasteiger partial charge in [0.15, 0.2) is 5.96 Å². The van der Waals surface area contributed by atoms with Crippen LogP contribution < -0.4 is 15.4 Å². The number of para-hydroxylation sites is 1.